The number of amides is 2. The summed E-state index contributed by atoms with van der Waals surface area (Å²) in [5.74, 6) is 1.09. The van der Waals surface area contributed by atoms with E-state index in [-0.39, 0.29) is 12.5 Å². The van der Waals surface area contributed by atoms with Crippen molar-refractivity contribution in [3.63, 3.8) is 0 Å². The fourth-order valence-corrected chi connectivity index (χ4v) is 3.53. The van der Waals surface area contributed by atoms with Crippen LogP contribution in [0.25, 0.3) is 10.7 Å². The molecule has 9 nitrogen and oxygen atoms in total. The Bertz CT molecular complexity index is 822. The van der Waals surface area contributed by atoms with Crippen LogP contribution >= 0.6 is 11.3 Å². The highest BCUT2D eigenvalue weighted by Gasteiger charge is 2.26. The predicted molar refractivity (Wildman–Crippen MR) is 108 cm³/mol. The van der Waals surface area contributed by atoms with Crippen molar-refractivity contribution in [1.82, 2.24) is 24.8 Å². The number of carbonyl (C=O) groups is 2. The van der Waals surface area contributed by atoms with E-state index in [2.05, 4.69) is 15.0 Å². The number of aromatic nitrogens is 2. The molecule has 3 heterocycles. The molecule has 158 valence electrons. The lowest BCUT2D eigenvalue weighted by Gasteiger charge is -2.34. The van der Waals surface area contributed by atoms with Gasteiger partial charge in [0.15, 0.2) is 0 Å². The number of rotatable bonds is 5. The van der Waals surface area contributed by atoms with E-state index in [0.717, 1.165) is 4.88 Å². The van der Waals surface area contributed by atoms with Gasteiger partial charge in [0, 0.05) is 33.2 Å². The fraction of sp³-hybridized carbons (Fsp3) is 0.579. The number of thiophene rings is 1. The van der Waals surface area contributed by atoms with Crippen LogP contribution in [0.15, 0.2) is 22.0 Å². The Morgan fingerprint density at radius 1 is 1.28 bits per heavy atom. The minimum Gasteiger partial charge on any atom is -0.444 e. The number of carbonyl (C=O) groups excluding carboxylic acids is 2. The summed E-state index contributed by atoms with van der Waals surface area (Å²) in [7, 11) is 1.57. The molecule has 0 saturated carbocycles. The molecular weight excluding hydrogens is 394 g/mol. The van der Waals surface area contributed by atoms with Gasteiger partial charge < -0.3 is 19.1 Å². The van der Waals surface area contributed by atoms with Gasteiger partial charge in [-0.3, -0.25) is 9.69 Å². The smallest absolute Gasteiger partial charge is 0.410 e. The van der Waals surface area contributed by atoms with Crippen LogP contribution in [0.1, 0.15) is 26.7 Å². The molecule has 0 unspecified atom stereocenters. The lowest BCUT2D eigenvalue weighted by molar-refractivity contribution is -0.134. The summed E-state index contributed by atoms with van der Waals surface area (Å²) in [5.41, 5.74) is -0.585. The number of nitrogens with zero attached hydrogens (tertiary/aromatic N) is 5. The van der Waals surface area contributed by atoms with Crippen LogP contribution in [0.5, 0.6) is 0 Å². The van der Waals surface area contributed by atoms with Crippen LogP contribution in [0, 0.1) is 0 Å². The number of hydrogen-bond acceptors (Lipinski definition) is 8. The van der Waals surface area contributed by atoms with Crippen LogP contribution in [-0.4, -0.2) is 82.2 Å². The third kappa shape index (κ3) is 6.01. The molecule has 0 atom stereocenters. The summed E-state index contributed by atoms with van der Waals surface area (Å²) in [6, 6.07) is 3.91. The Balaban J connectivity index is 1.44. The molecule has 0 aliphatic carbocycles. The van der Waals surface area contributed by atoms with Gasteiger partial charge in [-0.15, -0.1) is 11.3 Å². The predicted octanol–water partition coefficient (Wildman–Crippen LogP) is 2.31. The number of hydrogen-bond donors (Lipinski definition) is 0. The van der Waals surface area contributed by atoms with Gasteiger partial charge in [-0.25, -0.2) is 4.79 Å². The first-order valence-electron chi connectivity index (χ1n) is 9.52. The van der Waals surface area contributed by atoms with Gasteiger partial charge in [0.1, 0.15) is 12.1 Å². The van der Waals surface area contributed by atoms with Gasteiger partial charge in [0.05, 0.1) is 11.4 Å². The van der Waals surface area contributed by atoms with Crippen molar-refractivity contribution in [2.75, 3.05) is 39.8 Å². The molecule has 0 spiro atoms. The molecule has 29 heavy (non-hydrogen) atoms. The van der Waals surface area contributed by atoms with Crippen molar-refractivity contribution in [2.45, 2.75) is 32.9 Å². The van der Waals surface area contributed by atoms with Crippen molar-refractivity contribution in [2.24, 2.45) is 0 Å². The third-order valence-electron chi connectivity index (χ3n) is 4.37. The van der Waals surface area contributed by atoms with E-state index in [0.29, 0.717) is 44.4 Å². The molecule has 3 rings (SSSR count). The topological polar surface area (TPSA) is 92.0 Å². The van der Waals surface area contributed by atoms with Crippen LogP contribution in [0.3, 0.4) is 0 Å². The fourth-order valence-electron chi connectivity index (χ4n) is 2.88. The highest BCUT2D eigenvalue weighted by molar-refractivity contribution is 7.13. The highest BCUT2D eigenvalue weighted by Crippen LogP contribution is 2.21. The van der Waals surface area contributed by atoms with E-state index in [4.69, 9.17) is 9.26 Å². The Morgan fingerprint density at radius 2 is 2.00 bits per heavy atom. The zero-order valence-electron chi connectivity index (χ0n) is 17.3. The van der Waals surface area contributed by atoms with Crippen LogP contribution in [-0.2, 0) is 16.1 Å². The van der Waals surface area contributed by atoms with E-state index >= 15 is 0 Å². The molecule has 1 fully saturated rings. The molecule has 1 aliphatic heterocycles. The maximum Gasteiger partial charge on any atom is 0.410 e. The normalized spacial score (nSPS) is 15.4. The lowest BCUT2D eigenvalue weighted by Crippen LogP contribution is -2.51. The Hall–Kier alpha value is -2.46. The maximum atomic E-state index is 12.5. The molecule has 1 aliphatic rings. The summed E-state index contributed by atoms with van der Waals surface area (Å²) >= 11 is 1.57. The van der Waals surface area contributed by atoms with E-state index in [1.54, 1.807) is 44.1 Å². The van der Waals surface area contributed by atoms with Gasteiger partial charge in [0.2, 0.25) is 17.6 Å². The largest absolute Gasteiger partial charge is 0.444 e. The van der Waals surface area contributed by atoms with Gasteiger partial charge in [-0.2, -0.15) is 4.98 Å². The van der Waals surface area contributed by atoms with E-state index in [1.165, 1.54) is 4.90 Å². The Labute approximate surface area is 174 Å². The minimum atomic E-state index is -0.585. The third-order valence-corrected chi connectivity index (χ3v) is 5.24. The van der Waals surface area contributed by atoms with Crippen molar-refractivity contribution >= 4 is 23.3 Å². The Kier molecular flexibility index (Phi) is 6.53. The zero-order chi connectivity index (χ0) is 21.0. The average Bonchev–Trinajstić information content (AvgIpc) is 3.32. The molecule has 2 aromatic heterocycles. The molecule has 2 aromatic rings. The first kappa shape index (κ1) is 21.3. The second-order valence-electron chi connectivity index (χ2n) is 7.98. The SMILES string of the molecule is CN(CC(=O)N1CCN(Cc2nc(-c3cccs3)no2)CC1)C(=O)OC(C)(C)C. The monoisotopic (exact) mass is 421 g/mol. The van der Waals surface area contributed by atoms with Crippen LogP contribution in [0.4, 0.5) is 4.79 Å². The standard InChI is InChI=1S/C19H27N5O4S/c1-19(2,3)27-18(26)22(4)13-16(25)24-9-7-23(8-10-24)12-15-20-17(21-28-15)14-6-5-11-29-14/h5-6,11H,7-10,12-13H2,1-4H3. The molecule has 10 heteroatoms. The average molecular weight is 422 g/mol. The molecule has 0 aromatic carbocycles. The first-order valence-corrected chi connectivity index (χ1v) is 10.4. The number of ether oxygens (including phenoxy) is 1. The molecule has 0 N–H and O–H groups in total. The highest BCUT2D eigenvalue weighted by atomic mass is 32.1. The minimum absolute atomic E-state index is 0.00272. The van der Waals surface area contributed by atoms with Crippen LogP contribution < -0.4 is 0 Å². The number of piperazine rings is 1. The Morgan fingerprint density at radius 3 is 2.62 bits per heavy atom. The van der Waals surface area contributed by atoms with Crippen molar-refractivity contribution in [3.8, 4) is 10.7 Å². The summed E-state index contributed by atoms with van der Waals surface area (Å²) in [6.07, 6.45) is -0.498. The lowest BCUT2D eigenvalue weighted by atomic mass is 10.2. The zero-order valence-corrected chi connectivity index (χ0v) is 18.1. The van der Waals surface area contributed by atoms with E-state index in [9.17, 15) is 9.59 Å². The quantitative estimate of drug-likeness (QED) is 0.731. The summed E-state index contributed by atoms with van der Waals surface area (Å²) in [6.45, 7) is 8.55. The molecule has 1 saturated heterocycles. The van der Waals surface area contributed by atoms with Gasteiger partial charge >= 0.3 is 6.09 Å². The van der Waals surface area contributed by atoms with Gasteiger partial charge in [-0.05, 0) is 32.2 Å². The summed E-state index contributed by atoms with van der Waals surface area (Å²) in [4.78, 5) is 35.2. The second kappa shape index (κ2) is 8.91. The molecule has 0 bridgehead atoms. The van der Waals surface area contributed by atoms with E-state index in [1.807, 2.05) is 17.5 Å². The van der Waals surface area contributed by atoms with Crippen molar-refractivity contribution in [1.29, 1.82) is 0 Å². The molecule has 2 amide bonds. The number of likely N-dealkylation sites (N-methyl/N-ethyl adjacent to an activating group) is 1. The van der Waals surface area contributed by atoms with Crippen LogP contribution in [0.2, 0.25) is 0 Å². The summed E-state index contributed by atoms with van der Waals surface area (Å²) < 4.78 is 10.6. The molecular formula is C19H27N5O4S. The molecule has 0 radical (unpaired) electrons. The summed E-state index contributed by atoms with van der Waals surface area (Å²) in [5, 5.41) is 6.00. The second-order valence-corrected chi connectivity index (χ2v) is 8.93. The van der Waals surface area contributed by atoms with Gasteiger partial charge in [0.25, 0.3) is 0 Å². The van der Waals surface area contributed by atoms with E-state index < -0.39 is 11.7 Å². The first-order chi connectivity index (χ1) is 13.7. The maximum absolute atomic E-state index is 12.5. The van der Waals surface area contributed by atoms with Crippen molar-refractivity contribution in [3.05, 3.63) is 23.4 Å². The van der Waals surface area contributed by atoms with Gasteiger partial charge in [-0.1, -0.05) is 11.2 Å². The van der Waals surface area contributed by atoms with Crippen molar-refractivity contribution < 1.29 is 18.8 Å².